The SMILES string of the molecule is COc1ccc(Br)cc1/C=C1/C(=O)N(c2cccc(Cl)c2)N=C1C. The lowest BCUT2D eigenvalue weighted by molar-refractivity contribution is -0.114. The van der Waals surface area contributed by atoms with E-state index < -0.39 is 0 Å². The molecule has 0 bridgehead atoms. The zero-order valence-corrected chi connectivity index (χ0v) is 15.4. The second-order valence-corrected chi connectivity index (χ2v) is 6.58. The van der Waals surface area contributed by atoms with Gasteiger partial charge in [-0.15, -0.1) is 0 Å². The first kappa shape index (κ1) is 16.7. The number of halogens is 2. The quantitative estimate of drug-likeness (QED) is 0.680. The summed E-state index contributed by atoms with van der Waals surface area (Å²) in [5.41, 5.74) is 2.60. The van der Waals surface area contributed by atoms with Crippen LogP contribution in [0.25, 0.3) is 6.08 Å². The van der Waals surface area contributed by atoms with Crippen LogP contribution in [0, 0.1) is 0 Å². The zero-order chi connectivity index (χ0) is 17.3. The summed E-state index contributed by atoms with van der Waals surface area (Å²) in [6.45, 7) is 1.80. The van der Waals surface area contributed by atoms with Gasteiger partial charge in [-0.25, -0.2) is 0 Å². The maximum Gasteiger partial charge on any atom is 0.280 e. The van der Waals surface area contributed by atoms with E-state index in [4.69, 9.17) is 16.3 Å². The van der Waals surface area contributed by atoms with Crippen molar-refractivity contribution in [2.45, 2.75) is 6.92 Å². The molecule has 1 aliphatic heterocycles. The molecular weight excluding hydrogens is 392 g/mol. The zero-order valence-electron chi connectivity index (χ0n) is 13.1. The molecule has 0 aliphatic carbocycles. The molecule has 2 aromatic rings. The highest BCUT2D eigenvalue weighted by Crippen LogP contribution is 2.30. The van der Waals surface area contributed by atoms with Gasteiger partial charge in [-0.3, -0.25) is 4.79 Å². The number of nitrogens with zero attached hydrogens (tertiary/aromatic N) is 2. The minimum atomic E-state index is -0.197. The summed E-state index contributed by atoms with van der Waals surface area (Å²) in [6, 6.07) is 12.7. The van der Waals surface area contributed by atoms with Gasteiger partial charge in [0.15, 0.2) is 0 Å². The van der Waals surface area contributed by atoms with Crippen molar-refractivity contribution in [3.8, 4) is 5.75 Å². The lowest BCUT2D eigenvalue weighted by atomic mass is 10.1. The van der Waals surface area contributed by atoms with Crippen LogP contribution in [0.2, 0.25) is 5.02 Å². The Balaban J connectivity index is 2.01. The van der Waals surface area contributed by atoms with Gasteiger partial charge in [-0.1, -0.05) is 33.6 Å². The number of amides is 1. The van der Waals surface area contributed by atoms with E-state index in [1.807, 2.05) is 18.2 Å². The second kappa shape index (κ2) is 6.79. The summed E-state index contributed by atoms with van der Waals surface area (Å²) in [6.07, 6.45) is 1.79. The first-order valence-corrected chi connectivity index (χ1v) is 8.37. The molecule has 0 spiro atoms. The maximum absolute atomic E-state index is 12.8. The van der Waals surface area contributed by atoms with E-state index in [1.165, 1.54) is 5.01 Å². The average molecular weight is 406 g/mol. The van der Waals surface area contributed by atoms with Crippen molar-refractivity contribution in [1.82, 2.24) is 0 Å². The molecule has 122 valence electrons. The first-order valence-electron chi connectivity index (χ1n) is 7.20. The van der Waals surface area contributed by atoms with Crippen molar-refractivity contribution >= 4 is 50.9 Å². The van der Waals surface area contributed by atoms with Gasteiger partial charge in [-0.05, 0) is 49.4 Å². The highest BCUT2D eigenvalue weighted by atomic mass is 79.9. The minimum Gasteiger partial charge on any atom is -0.496 e. The molecule has 0 N–H and O–H groups in total. The van der Waals surface area contributed by atoms with Gasteiger partial charge in [0.05, 0.1) is 24.1 Å². The van der Waals surface area contributed by atoms with Crippen LogP contribution in [0.15, 0.2) is 57.6 Å². The van der Waals surface area contributed by atoms with E-state index in [1.54, 1.807) is 44.4 Å². The maximum atomic E-state index is 12.8. The summed E-state index contributed by atoms with van der Waals surface area (Å²) >= 11 is 9.44. The molecule has 3 rings (SSSR count). The number of benzene rings is 2. The number of ether oxygens (including phenoxy) is 1. The number of rotatable bonds is 3. The van der Waals surface area contributed by atoms with Gasteiger partial charge in [0, 0.05) is 15.1 Å². The third kappa shape index (κ3) is 3.23. The second-order valence-electron chi connectivity index (χ2n) is 5.23. The predicted molar refractivity (Wildman–Crippen MR) is 101 cm³/mol. The van der Waals surface area contributed by atoms with Crippen LogP contribution >= 0.6 is 27.5 Å². The summed E-state index contributed by atoms with van der Waals surface area (Å²) < 4.78 is 6.27. The van der Waals surface area contributed by atoms with Gasteiger partial charge >= 0.3 is 0 Å². The average Bonchev–Trinajstić information content (AvgIpc) is 2.83. The van der Waals surface area contributed by atoms with Crippen molar-refractivity contribution in [2.75, 3.05) is 12.1 Å². The largest absolute Gasteiger partial charge is 0.496 e. The number of carbonyl (C=O) groups excluding carboxylic acids is 1. The number of methoxy groups -OCH3 is 1. The van der Waals surface area contributed by atoms with Crippen molar-refractivity contribution in [1.29, 1.82) is 0 Å². The van der Waals surface area contributed by atoms with Crippen molar-refractivity contribution in [2.24, 2.45) is 5.10 Å². The van der Waals surface area contributed by atoms with Gasteiger partial charge in [0.25, 0.3) is 5.91 Å². The smallest absolute Gasteiger partial charge is 0.280 e. The summed E-state index contributed by atoms with van der Waals surface area (Å²) in [7, 11) is 1.60. The van der Waals surface area contributed by atoms with Crippen LogP contribution in [0.1, 0.15) is 12.5 Å². The Morgan fingerprint density at radius 3 is 2.75 bits per heavy atom. The van der Waals surface area contributed by atoms with Gasteiger partial charge in [0.1, 0.15) is 5.75 Å². The van der Waals surface area contributed by atoms with Gasteiger partial charge in [0.2, 0.25) is 0 Å². The molecule has 0 atom stereocenters. The molecule has 0 fully saturated rings. The van der Waals surface area contributed by atoms with Crippen molar-refractivity contribution in [3.63, 3.8) is 0 Å². The number of hydrazone groups is 1. The molecule has 0 radical (unpaired) electrons. The number of hydrogen-bond donors (Lipinski definition) is 0. The van der Waals surface area contributed by atoms with Crippen LogP contribution in [0.3, 0.4) is 0 Å². The van der Waals surface area contributed by atoms with Crippen LogP contribution < -0.4 is 9.75 Å². The minimum absolute atomic E-state index is 0.197. The summed E-state index contributed by atoms with van der Waals surface area (Å²) in [4.78, 5) is 12.8. The van der Waals surface area contributed by atoms with Crippen LogP contribution in [0.4, 0.5) is 5.69 Å². The molecule has 0 unspecified atom stereocenters. The fourth-order valence-electron chi connectivity index (χ4n) is 2.44. The predicted octanol–water partition coefficient (Wildman–Crippen LogP) is 4.92. The van der Waals surface area contributed by atoms with Gasteiger partial charge < -0.3 is 4.74 Å². The highest BCUT2D eigenvalue weighted by molar-refractivity contribution is 9.10. The molecule has 1 amide bonds. The topological polar surface area (TPSA) is 41.9 Å². The normalized spacial score (nSPS) is 15.8. The Labute approximate surface area is 153 Å². The number of anilines is 1. The molecule has 4 nitrogen and oxygen atoms in total. The first-order chi connectivity index (χ1) is 11.5. The molecule has 24 heavy (non-hydrogen) atoms. The Morgan fingerprint density at radius 2 is 2.04 bits per heavy atom. The van der Waals surface area contributed by atoms with Crippen LogP contribution in [-0.2, 0) is 4.79 Å². The lowest BCUT2D eigenvalue weighted by Crippen LogP contribution is -2.21. The molecule has 1 heterocycles. The number of carbonyl (C=O) groups is 1. The highest BCUT2D eigenvalue weighted by Gasteiger charge is 2.29. The van der Waals surface area contributed by atoms with Crippen molar-refractivity contribution < 1.29 is 9.53 Å². The molecule has 0 saturated heterocycles. The molecule has 2 aromatic carbocycles. The van der Waals surface area contributed by atoms with E-state index >= 15 is 0 Å². The standard InChI is InChI=1S/C18H14BrClN2O2/c1-11-16(9-12-8-13(19)6-7-17(12)24-2)18(23)22(21-11)15-5-3-4-14(20)10-15/h3-10H,1-2H3/b16-9+. The number of hydrogen-bond acceptors (Lipinski definition) is 3. The molecule has 0 saturated carbocycles. The van der Waals surface area contributed by atoms with E-state index in [-0.39, 0.29) is 5.91 Å². The van der Waals surface area contributed by atoms with Gasteiger partial charge in [-0.2, -0.15) is 10.1 Å². The van der Waals surface area contributed by atoms with E-state index in [9.17, 15) is 4.79 Å². The fraction of sp³-hybridized carbons (Fsp3) is 0.111. The third-order valence-electron chi connectivity index (χ3n) is 3.61. The van der Waals surface area contributed by atoms with Crippen LogP contribution in [0.5, 0.6) is 5.75 Å². The van der Waals surface area contributed by atoms with Crippen molar-refractivity contribution in [3.05, 3.63) is 63.1 Å². The molecule has 0 aromatic heterocycles. The lowest BCUT2D eigenvalue weighted by Gasteiger charge is -2.12. The molecular formula is C18H14BrClN2O2. The van der Waals surface area contributed by atoms with Crippen LogP contribution in [-0.4, -0.2) is 18.7 Å². The third-order valence-corrected chi connectivity index (χ3v) is 4.34. The van der Waals surface area contributed by atoms with E-state index in [0.29, 0.717) is 27.7 Å². The Morgan fingerprint density at radius 1 is 1.25 bits per heavy atom. The summed E-state index contributed by atoms with van der Waals surface area (Å²) in [5, 5.41) is 6.27. The monoisotopic (exact) mass is 404 g/mol. The molecule has 1 aliphatic rings. The summed E-state index contributed by atoms with van der Waals surface area (Å²) in [5.74, 6) is 0.490. The molecule has 6 heteroatoms. The van der Waals surface area contributed by atoms with E-state index in [0.717, 1.165) is 10.0 Å². The van der Waals surface area contributed by atoms with E-state index in [2.05, 4.69) is 21.0 Å². The fourth-order valence-corrected chi connectivity index (χ4v) is 3.00. The Kier molecular flexibility index (Phi) is 4.73. The Hall–Kier alpha value is -2.11. The Bertz CT molecular complexity index is 877.